The van der Waals surface area contributed by atoms with Crippen molar-refractivity contribution in [3.8, 4) is 5.75 Å². The average molecular weight is 582 g/mol. The Morgan fingerprint density at radius 3 is 2.60 bits per heavy atom. The molecule has 1 amide bonds. The lowest BCUT2D eigenvalue weighted by molar-refractivity contribution is -0.153. The molecule has 0 spiro atoms. The predicted molar refractivity (Wildman–Crippen MR) is 139 cm³/mol. The molecule has 14 heteroatoms. The van der Waals surface area contributed by atoms with E-state index in [0.29, 0.717) is 43.9 Å². The van der Waals surface area contributed by atoms with Crippen LogP contribution in [0.1, 0.15) is 0 Å². The SMILES string of the molecule is O=C(/C=C/CN1CC2OCCO[C@H]2C1)Nc1cc2c(Nc3ccc(F)c(Cl)c3)ncnc2cc1OCC(F)(F)F. The third-order valence-corrected chi connectivity index (χ3v) is 6.53. The van der Waals surface area contributed by atoms with E-state index < -0.39 is 24.5 Å². The molecule has 2 N–H and O–H groups in total. The number of amides is 1. The van der Waals surface area contributed by atoms with E-state index in [9.17, 15) is 22.4 Å². The number of nitrogens with zero attached hydrogens (tertiary/aromatic N) is 3. The largest absolute Gasteiger partial charge is 0.482 e. The Morgan fingerprint density at radius 2 is 1.90 bits per heavy atom. The number of benzene rings is 2. The number of alkyl halides is 3. The first-order valence-electron chi connectivity index (χ1n) is 12.3. The van der Waals surface area contributed by atoms with Crippen LogP contribution in [0.3, 0.4) is 0 Å². The number of aromatic nitrogens is 2. The highest BCUT2D eigenvalue weighted by Gasteiger charge is 2.36. The lowest BCUT2D eigenvalue weighted by atomic mass is 10.1. The van der Waals surface area contributed by atoms with Gasteiger partial charge in [0.05, 0.1) is 41.6 Å². The van der Waals surface area contributed by atoms with Crippen molar-refractivity contribution in [1.82, 2.24) is 14.9 Å². The Labute approximate surface area is 231 Å². The van der Waals surface area contributed by atoms with Gasteiger partial charge >= 0.3 is 6.18 Å². The van der Waals surface area contributed by atoms with Gasteiger partial charge in [-0.1, -0.05) is 17.7 Å². The lowest BCUT2D eigenvalue weighted by Crippen LogP contribution is -2.36. The third kappa shape index (κ3) is 6.97. The standard InChI is InChI=1S/C26H24ClF4N5O4/c27-17-8-15(3-4-18(17)28)34-25-16-9-20(21(40-13-26(29,30)31)10-19(16)32-14-33-25)35-24(37)2-1-5-36-11-22-23(12-36)39-7-6-38-22/h1-4,8-10,14,22-23H,5-7,11-13H2,(H,35,37)(H,32,33,34)/b2-1+/t22-,23?/m0/s1. The van der Waals surface area contributed by atoms with Crippen molar-refractivity contribution < 1.29 is 36.6 Å². The lowest BCUT2D eigenvalue weighted by Gasteiger charge is -2.24. The summed E-state index contributed by atoms with van der Waals surface area (Å²) in [6, 6.07) is 6.64. The number of halogens is 5. The zero-order valence-corrected chi connectivity index (χ0v) is 21.6. The van der Waals surface area contributed by atoms with Crippen LogP contribution in [-0.4, -0.2) is 78.6 Å². The molecule has 0 radical (unpaired) electrons. The van der Waals surface area contributed by atoms with Crippen molar-refractivity contribution in [2.24, 2.45) is 0 Å². The first-order chi connectivity index (χ1) is 19.1. The van der Waals surface area contributed by atoms with E-state index in [4.69, 9.17) is 25.8 Å². The second kappa shape index (κ2) is 11.9. The summed E-state index contributed by atoms with van der Waals surface area (Å²) in [5.74, 6) is -1.15. The average Bonchev–Trinajstić information content (AvgIpc) is 3.32. The molecule has 1 aromatic heterocycles. The van der Waals surface area contributed by atoms with Crippen LogP contribution >= 0.6 is 11.6 Å². The molecule has 1 unspecified atom stereocenters. The number of hydrogen-bond donors (Lipinski definition) is 2. The zero-order valence-electron chi connectivity index (χ0n) is 20.9. The van der Waals surface area contributed by atoms with E-state index in [2.05, 4.69) is 25.5 Å². The molecule has 0 bridgehead atoms. The van der Waals surface area contributed by atoms with Gasteiger partial charge in [0, 0.05) is 42.9 Å². The fourth-order valence-electron chi connectivity index (χ4n) is 4.44. The van der Waals surface area contributed by atoms with E-state index >= 15 is 0 Å². The van der Waals surface area contributed by atoms with Crippen LogP contribution in [0.4, 0.5) is 34.8 Å². The molecule has 2 saturated heterocycles. The number of carbonyl (C=O) groups excluding carboxylic acids is 1. The smallest absolute Gasteiger partial charge is 0.422 e. The number of rotatable bonds is 8. The quantitative estimate of drug-likeness (QED) is 0.292. The number of fused-ring (bicyclic) bond motifs is 2. The number of likely N-dealkylation sites (tertiary alicyclic amines) is 1. The van der Waals surface area contributed by atoms with Gasteiger partial charge in [-0.15, -0.1) is 0 Å². The molecule has 2 atom stereocenters. The minimum absolute atomic E-state index is 0.00197. The number of nitrogens with one attached hydrogen (secondary N) is 2. The molecule has 5 rings (SSSR count). The van der Waals surface area contributed by atoms with E-state index in [1.54, 1.807) is 6.08 Å². The molecule has 3 heterocycles. The van der Waals surface area contributed by atoms with Crippen molar-refractivity contribution in [3.63, 3.8) is 0 Å². The summed E-state index contributed by atoms with van der Waals surface area (Å²) in [6.45, 7) is 1.35. The van der Waals surface area contributed by atoms with Gasteiger partial charge < -0.3 is 24.8 Å². The zero-order chi connectivity index (χ0) is 28.3. The second-order valence-corrected chi connectivity index (χ2v) is 9.58. The number of hydrogen-bond acceptors (Lipinski definition) is 8. The van der Waals surface area contributed by atoms with Crippen molar-refractivity contribution in [1.29, 1.82) is 0 Å². The van der Waals surface area contributed by atoms with Gasteiger partial charge in [-0.05, 0) is 24.3 Å². The van der Waals surface area contributed by atoms with E-state index in [-0.39, 0.29) is 40.0 Å². The molecule has 2 fully saturated rings. The number of carbonyl (C=O) groups is 1. The number of ether oxygens (including phenoxy) is 3. The van der Waals surface area contributed by atoms with Gasteiger partial charge in [0.25, 0.3) is 0 Å². The molecule has 2 aromatic carbocycles. The topological polar surface area (TPSA) is 97.8 Å². The third-order valence-electron chi connectivity index (χ3n) is 6.24. The Balaban J connectivity index is 1.35. The van der Waals surface area contributed by atoms with Crippen LogP contribution in [0.2, 0.25) is 5.02 Å². The van der Waals surface area contributed by atoms with Crippen LogP contribution < -0.4 is 15.4 Å². The van der Waals surface area contributed by atoms with E-state index in [1.165, 1.54) is 42.7 Å². The molecule has 3 aromatic rings. The van der Waals surface area contributed by atoms with Crippen molar-refractivity contribution in [2.45, 2.75) is 18.4 Å². The van der Waals surface area contributed by atoms with Crippen molar-refractivity contribution in [3.05, 3.63) is 59.7 Å². The van der Waals surface area contributed by atoms with Crippen LogP contribution in [-0.2, 0) is 14.3 Å². The number of anilines is 3. The van der Waals surface area contributed by atoms with Gasteiger partial charge in [-0.25, -0.2) is 14.4 Å². The van der Waals surface area contributed by atoms with Gasteiger partial charge in [0.15, 0.2) is 6.61 Å². The highest BCUT2D eigenvalue weighted by atomic mass is 35.5. The van der Waals surface area contributed by atoms with Crippen LogP contribution in [0.25, 0.3) is 10.9 Å². The van der Waals surface area contributed by atoms with Crippen LogP contribution in [0.15, 0.2) is 48.8 Å². The maximum atomic E-state index is 13.6. The van der Waals surface area contributed by atoms with Gasteiger partial charge in [-0.3, -0.25) is 9.69 Å². The summed E-state index contributed by atoms with van der Waals surface area (Å²) in [4.78, 5) is 23.1. The highest BCUT2D eigenvalue weighted by Crippen LogP contribution is 2.35. The first-order valence-corrected chi connectivity index (χ1v) is 12.7. The Morgan fingerprint density at radius 1 is 1.15 bits per heavy atom. The molecular formula is C26H24ClF4N5O4. The van der Waals surface area contributed by atoms with Gasteiger partial charge in [0.1, 0.15) is 23.7 Å². The molecule has 40 heavy (non-hydrogen) atoms. The van der Waals surface area contributed by atoms with Crippen molar-refractivity contribution >= 4 is 45.6 Å². The van der Waals surface area contributed by atoms with Crippen LogP contribution in [0.5, 0.6) is 5.75 Å². The second-order valence-electron chi connectivity index (χ2n) is 9.17. The monoisotopic (exact) mass is 581 g/mol. The summed E-state index contributed by atoms with van der Waals surface area (Å²) in [7, 11) is 0. The molecule has 2 aliphatic rings. The van der Waals surface area contributed by atoms with Crippen molar-refractivity contribution in [2.75, 3.05) is 50.1 Å². The molecule has 9 nitrogen and oxygen atoms in total. The molecular weight excluding hydrogens is 558 g/mol. The van der Waals surface area contributed by atoms with E-state index in [0.717, 1.165) is 0 Å². The summed E-state index contributed by atoms with van der Waals surface area (Å²) in [6.07, 6.45) is -0.456. The maximum Gasteiger partial charge on any atom is 0.422 e. The Bertz CT molecular complexity index is 1410. The maximum absolute atomic E-state index is 13.6. The first kappa shape index (κ1) is 28.0. The van der Waals surface area contributed by atoms with Gasteiger partial charge in [0.2, 0.25) is 5.91 Å². The predicted octanol–water partition coefficient (Wildman–Crippen LogP) is 4.70. The molecule has 0 saturated carbocycles. The molecule has 0 aliphatic carbocycles. The summed E-state index contributed by atoms with van der Waals surface area (Å²) < 4.78 is 68.7. The van der Waals surface area contributed by atoms with Gasteiger partial charge in [-0.2, -0.15) is 13.2 Å². The minimum Gasteiger partial charge on any atom is -0.482 e. The molecule has 212 valence electrons. The minimum atomic E-state index is -4.60. The Kier molecular flexibility index (Phi) is 8.35. The summed E-state index contributed by atoms with van der Waals surface area (Å²) in [5.41, 5.74) is 0.640. The Hall–Kier alpha value is -3.52. The fourth-order valence-corrected chi connectivity index (χ4v) is 4.62. The fraction of sp³-hybridized carbons (Fsp3) is 0.346. The normalized spacial score (nSPS) is 19.6. The molecule has 2 aliphatic heterocycles. The summed E-state index contributed by atoms with van der Waals surface area (Å²) >= 11 is 5.86. The van der Waals surface area contributed by atoms with E-state index in [1.807, 2.05) is 0 Å². The summed E-state index contributed by atoms with van der Waals surface area (Å²) in [5, 5.41) is 5.81. The highest BCUT2D eigenvalue weighted by molar-refractivity contribution is 6.31. The van der Waals surface area contributed by atoms with Crippen LogP contribution in [0, 0.1) is 5.82 Å².